The molecule has 0 saturated carbocycles. The number of benzene rings is 2. The summed E-state index contributed by atoms with van der Waals surface area (Å²) in [6.07, 6.45) is 2.49. The molecule has 3 heteroatoms. The van der Waals surface area contributed by atoms with Crippen molar-refractivity contribution >= 4 is 0 Å². The lowest BCUT2D eigenvalue weighted by Gasteiger charge is -2.40. The van der Waals surface area contributed by atoms with Gasteiger partial charge in [-0.1, -0.05) is 60.7 Å². The predicted octanol–water partition coefficient (Wildman–Crippen LogP) is 3.30. The molecule has 118 valence electrons. The van der Waals surface area contributed by atoms with Gasteiger partial charge in [0.25, 0.3) is 0 Å². The van der Waals surface area contributed by atoms with Crippen LogP contribution in [0.2, 0.25) is 0 Å². The molecule has 0 amide bonds. The lowest BCUT2D eigenvalue weighted by molar-refractivity contribution is -0.00310. The molecule has 0 unspecified atom stereocenters. The van der Waals surface area contributed by atoms with Crippen molar-refractivity contribution in [2.45, 2.75) is 30.9 Å². The van der Waals surface area contributed by atoms with Crippen LogP contribution in [0.4, 0.5) is 0 Å². The van der Waals surface area contributed by atoms with Crippen LogP contribution >= 0.6 is 0 Å². The highest BCUT2D eigenvalue weighted by molar-refractivity contribution is 5.38. The number of rotatable bonds is 5. The van der Waals surface area contributed by atoms with Gasteiger partial charge in [0.1, 0.15) is 5.60 Å². The summed E-state index contributed by atoms with van der Waals surface area (Å²) in [5.41, 5.74) is 0.786. The minimum absolute atomic E-state index is 0.000602. The van der Waals surface area contributed by atoms with Crippen LogP contribution < -0.4 is 0 Å². The number of hydrogen-bond donors (Lipinski definition) is 1. The Morgan fingerprint density at radius 2 is 1.61 bits per heavy atom. The topological polar surface area (TPSA) is 47.3 Å². The molecule has 1 saturated heterocycles. The second kappa shape index (κ2) is 6.95. The average Bonchev–Trinajstić information content (AvgIpc) is 3.10. The number of hydrogen-bond acceptors (Lipinski definition) is 3. The summed E-state index contributed by atoms with van der Waals surface area (Å²) in [4.78, 5) is 2.27. The van der Waals surface area contributed by atoms with Crippen LogP contribution in [0.15, 0.2) is 60.7 Å². The maximum atomic E-state index is 11.8. The van der Waals surface area contributed by atoms with Crippen molar-refractivity contribution in [2.24, 2.45) is 0 Å². The first kappa shape index (κ1) is 15.7. The van der Waals surface area contributed by atoms with Gasteiger partial charge in [-0.15, -0.1) is 0 Å². The van der Waals surface area contributed by atoms with Gasteiger partial charge in [0.05, 0.1) is 6.07 Å². The maximum absolute atomic E-state index is 11.8. The normalized spacial score (nSPS) is 18.7. The summed E-state index contributed by atoms with van der Waals surface area (Å²) < 4.78 is 0. The van der Waals surface area contributed by atoms with Crippen LogP contribution in [-0.4, -0.2) is 29.1 Å². The van der Waals surface area contributed by atoms with Gasteiger partial charge < -0.3 is 5.11 Å². The first-order valence-electron chi connectivity index (χ1n) is 8.21. The molecule has 1 fully saturated rings. The van der Waals surface area contributed by atoms with Gasteiger partial charge in [0, 0.05) is 19.0 Å². The molecule has 23 heavy (non-hydrogen) atoms. The third kappa shape index (κ3) is 3.01. The van der Waals surface area contributed by atoms with Gasteiger partial charge >= 0.3 is 0 Å². The van der Waals surface area contributed by atoms with Crippen molar-refractivity contribution in [3.8, 4) is 6.07 Å². The van der Waals surface area contributed by atoms with Gasteiger partial charge in [-0.05, 0) is 30.5 Å². The highest BCUT2D eigenvalue weighted by Crippen LogP contribution is 2.40. The van der Waals surface area contributed by atoms with Crippen molar-refractivity contribution in [2.75, 3.05) is 13.1 Å². The molecule has 2 aromatic rings. The van der Waals surface area contributed by atoms with Gasteiger partial charge in [-0.25, -0.2) is 0 Å². The minimum atomic E-state index is -1.05. The van der Waals surface area contributed by atoms with E-state index in [0.717, 1.165) is 30.5 Å². The molecule has 0 aromatic heterocycles. The summed E-state index contributed by atoms with van der Waals surface area (Å²) in [6, 6.07) is 22.0. The zero-order valence-electron chi connectivity index (χ0n) is 13.2. The Labute approximate surface area is 137 Å². The molecule has 0 spiro atoms. The molecule has 0 radical (unpaired) electrons. The maximum Gasteiger partial charge on any atom is 0.130 e. The molecule has 1 heterocycles. The van der Waals surface area contributed by atoms with Crippen LogP contribution in [0.5, 0.6) is 0 Å². The monoisotopic (exact) mass is 306 g/mol. The lowest BCUT2D eigenvalue weighted by atomic mass is 9.79. The lowest BCUT2D eigenvalue weighted by Crippen LogP contribution is -2.48. The Hall–Kier alpha value is -2.15. The number of nitrogens with zero attached hydrogens (tertiary/aromatic N) is 2. The van der Waals surface area contributed by atoms with Crippen molar-refractivity contribution < 1.29 is 5.11 Å². The molecule has 2 aromatic carbocycles. The highest BCUT2D eigenvalue weighted by Gasteiger charge is 2.45. The smallest absolute Gasteiger partial charge is 0.130 e. The Balaban J connectivity index is 2.04. The van der Waals surface area contributed by atoms with Crippen molar-refractivity contribution in [1.29, 1.82) is 5.26 Å². The number of aliphatic hydroxyl groups is 1. The zero-order chi connectivity index (χ0) is 16.1. The Morgan fingerprint density at radius 1 is 1.04 bits per heavy atom. The molecule has 3 nitrogen and oxygen atoms in total. The van der Waals surface area contributed by atoms with Crippen LogP contribution in [0, 0.1) is 11.3 Å². The van der Waals surface area contributed by atoms with Gasteiger partial charge in [0.15, 0.2) is 0 Å². The van der Waals surface area contributed by atoms with Gasteiger partial charge in [-0.2, -0.15) is 5.26 Å². The fraction of sp³-hybridized carbons (Fsp3) is 0.350. The summed E-state index contributed by atoms with van der Waals surface area (Å²) in [5, 5.41) is 20.7. The summed E-state index contributed by atoms with van der Waals surface area (Å²) >= 11 is 0. The largest absolute Gasteiger partial charge is 0.379 e. The van der Waals surface area contributed by atoms with E-state index in [2.05, 4.69) is 11.0 Å². The second-order valence-electron chi connectivity index (χ2n) is 6.10. The van der Waals surface area contributed by atoms with E-state index >= 15 is 0 Å². The van der Waals surface area contributed by atoms with E-state index in [4.69, 9.17) is 5.26 Å². The van der Waals surface area contributed by atoms with Gasteiger partial charge in [-0.3, -0.25) is 4.90 Å². The van der Waals surface area contributed by atoms with E-state index in [-0.39, 0.29) is 6.04 Å². The SMILES string of the molecule is N#CCCN1CCC[C@H]1C(O)(c1ccccc1)c1ccccc1. The molecule has 0 bridgehead atoms. The van der Waals surface area contributed by atoms with Crippen LogP contribution in [0.1, 0.15) is 30.4 Å². The predicted molar refractivity (Wildman–Crippen MR) is 90.7 cm³/mol. The fourth-order valence-corrected chi connectivity index (χ4v) is 3.70. The summed E-state index contributed by atoms with van der Waals surface area (Å²) in [7, 11) is 0. The quantitative estimate of drug-likeness (QED) is 0.922. The Morgan fingerprint density at radius 3 is 2.13 bits per heavy atom. The first-order chi connectivity index (χ1) is 11.3. The van der Waals surface area contributed by atoms with Crippen molar-refractivity contribution in [3.05, 3.63) is 71.8 Å². The fourth-order valence-electron chi connectivity index (χ4n) is 3.70. The van der Waals surface area contributed by atoms with E-state index in [1.54, 1.807) is 0 Å². The Bertz CT molecular complexity index is 624. The van der Waals surface area contributed by atoms with E-state index in [1.165, 1.54) is 0 Å². The summed E-state index contributed by atoms with van der Waals surface area (Å²) in [5.74, 6) is 0. The van der Waals surface area contributed by atoms with E-state index in [9.17, 15) is 5.11 Å². The van der Waals surface area contributed by atoms with Crippen LogP contribution in [0.3, 0.4) is 0 Å². The first-order valence-corrected chi connectivity index (χ1v) is 8.21. The molecule has 1 aliphatic heterocycles. The van der Waals surface area contributed by atoms with Crippen LogP contribution in [-0.2, 0) is 5.60 Å². The van der Waals surface area contributed by atoms with Crippen molar-refractivity contribution in [3.63, 3.8) is 0 Å². The third-order valence-electron chi connectivity index (χ3n) is 4.78. The number of nitriles is 1. The second-order valence-corrected chi connectivity index (χ2v) is 6.10. The molecule has 3 rings (SSSR count). The molecule has 1 atom stereocenters. The molecule has 0 aliphatic carbocycles. The standard InChI is InChI=1S/C20H22N2O/c21-14-8-16-22-15-7-13-19(22)20(23,17-9-3-1-4-10-17)18-11-5-2-6-12-18/h1-6,9-12,19,23H,7-8,13,15-16H2/t19-/m0/s1. The molecule has 1 aliphatic rings. The average molecular weight is 306 g/mol. The van der Waals surface area contributed by atoms with E-state index < -0.39 is 5.60 Å². The van der Waals surface area contributed by atoms with E-state index in [1.807, 2.05) is 60.7 Å². The zero-order valence-corrected chi connectivity index (χ0v) is 13.2. The highest BCUT2D eigenvalue weighted by atomic mass is 16.3. The summed E-state index contributed by atoms with van der Waals surface area (Å²) in [6.45, 7) is 1.65. The molecule has 1 N–H and O–H groups in total. The van der Waals surface area contributed by atoms with Crippen molar-refractivity contribution in [1.82, 2.24) is 4.90 Å². The molecular weight excluding hydrogens is 284 g/mol. The molecular formula is C20H22N2O. The van der Waals surface area contributed by atoms with Gasteiger partial charge in [0.2, 0.25) is 0 Å². The number of likely N-dealkylation sites (tertiary alicyclic amines) is 1. The van der Waals surface area contributed by atoms with E-state index in [0.29, 0.717) is 13.0 Å². The third-order valence-corrected chi connectivity index (χ3v) is 4.78. The minimum Gasteiger partial charge on any atom is -0.379 e. The van der Waals surface area contributed by atoms with Crippen LogP contribution in [0.25, 0.3) is 0 Å². The Kier molecular flexibility index (Phi) is 4.76.